The summed E-state index contributed by atoms with van der Waals surface area (Å²) >= 11 is 1.34. The van der Waals surface area contributed by atoms with Crippen molar-refractivity contribution in [3.05, 3.63) is 51.7 Å². The number of aromatic carboxylic acids is 1. The van der Waals surface area contributed by atoms with Gasteiger partial charge in [0.1, 0.15) is 5.82 Å². The maximum absolute atomic E-state index is 12.7. The second kappa shape index (κ2) is 6.40. The monoisotopic (exact) mass is 280 g/mol. The van der Waals surface area contributed by atoms with E-state index in [0.29, 0.717) is 19.5 Å². The Morgan fingerprint density at radius 3 is 2.74 bits per heavy atom. The average molecular weight is 280 g/mol. The van der Waals surface area contributed by atoms with Crippen molar-refractivity contribution in [1.82, 2.24) is 10.3 Å². The number of hydrogen-bond donors (Lipinski definition) is 2. The molecule has 2 aromatic rings. The summed E-state index contributed by atoms with van der Waals surface area (Å²) in [5.41, 5.74) is 1.10. The SMILES string of the molecule is O=C(O)c1csc(CCNCc2ccc(F)cc2)n1. The predicted molar refractivity (Wildman–Crippen MR) is 70.9 cm³/mol. The summed E-state index contributed by atoms with van der Waals surface area (Å²) in [5.74, 6) is -1.24. The molecule has 1 heterocycles. The van der Waals surface area contributed by atoms with E-state index < -0.39 is 5.97 Å². The first-order valence-corrected chi connectivity index (χ1v) is 6.66. The highest BCUT2D eigenvalue weighted by Gasteiger charge is 2.07. The van der Waals surface area contributed by atoms with Crippen LogP contribution in [0.25, 0.3) is 0 Å². The molecule has 0 aliphatic heterocycles. The van der Waals surface area contributed by atoms with Crippen LogP contribution in [-0.4, -0.2) is 22.6 Å². The van der Waals surface area contributed by atoms with Crippen LogP contribution in [0.1, 0.15) is 21.1 Å². The molecule has 0 unspecified atom stereocenters. The molecule has 0 saturated carbocycles. The van der Waals surface area contributed by atoms with Crippen LogP contribution in [0.2, 0.25) is 0 Å². The molecule has 0 fully saturated rings. The lowest BCUT2D eigenvalue weighted by Crippen LogP contribution is -2.16. The number of hydrogen-bond acceptors (Lipinski definition) is 4. The molecule has 2 N–H and O–H groups in total. The normalized spacial score (nSPS) is 10.6. The number of carboxylic acid groups (broad SMARTS) is 1. The molecule has 0 bridgehead atoms. The van der Waals surface area contributed by atoms with Crippen LogP contribution in [0.15, 0.2) is 29.6 Å². The Morgan fingerprint density at radius 1 is 1.37 bits per heavy atom. The van der Waals surface area contributed by atoms with Gasteiger partial charge in [-0.25, -0.2) is 14.2 Å². The number of halogens is 1. The van der Waals surface area contributed by atoms with Crippen molar-refractivity contribution >= 4 is 17.3 Å². The first kappa shape index (κ1) is 13.6. The average Bonchev–Trinajstić information content (AvgIpc) is 2.86. The van der Waals surface area contributed by atoms with Gasteiger partial charge in [0.25, 0.3) is 0 Å². The van der Waals surface area contributed by atoms with Gasteiger partial charge in [-0.15, -0.1) is 11.3 Å². The molecule has 0 radical (unpaired) electrons. The van der Waals surface area contributed by atoms with Crippen molar-refractivity contribution in [2.45, 2.75) is 13.0 Å². The van der Waals surface area contributed by atoms with Gasteiger partial charge in [-0.05, 0) is 17.7 Å². The number of nitrogens with zero attached hydrogens (tertiary/aromatic N) is 1. The van der Waals surface area contributed by atoms with Gasteiger partial charge >= 0.3 is 5.97 Å². The summed E-state index contributed by atoms with van der Waals surface area (Å²) in [6, 6.07) is 6.32. The van der Waals surface area contributed by atoms with Crippen LogP contribution in [0.5, 0.6) is 0 Å². The van der Waals surface area contributed by atoms with Crippen LogP contribution in [0.3, 0.4) is 0 Å². The fourth-order valence-corrected chi connectivity index (χ4v) is 2.33. The lowest BCUT2D eigenvalue weighted by Gasteiger charge is -2.03. The lowest BCUT2D eigenvalue weighted by molar-refractivity contribution is 0.0691. The van der Waals surface area contributed by atoms with Crippen LogP contribution < -0.4 is 5.32 Å². The third-order valence-electron chi connectivity index (χ3n) is 2.53. The van der Waals surface area contributed by atoms with Gasteiger partial charge in [0.15, 0.2) is 5.69 Å². The van der Waals surface area contributed by atoms with Crippen molar-refractivity contribution in [3.63, 3.8) is 0 Å². The summed E-state index contributed by atoms with van der Waals surface area (Å²) < 4.78 is 12.7. The number of rotatable bonds is 6. The molecule has 1 aromatic carbocycles. The molecule has 0 atom stereocenters. The Morgan fingerprint density at radius 2 is 2.11 bits per heavy atom. The standard InChI is InChI=1S/C13H13FN2O2S/c14-10-3-1-9(2-4-10)7-15-6-5-12-16-11(8-19-12)13(17)18/h1-4,8,15H,5-7H2,(H,17,18). The molecule has 0 aliphatic carbocycles. The largest absolute Gasteiger partial charge is 0.476 e. The number of benzene rings is 1. The van der Waals surface area contributed by atoms with E-state index in [1.54, 1.807) is 12.1 Å². The molecule has 0 aliphatic rings. The van der Waals surface area contributed by atoms with Gasteiger partial charge in [-0.1, -0.05) is 12.1 Å². The van der Waals surface area contributed by atoms with Gasteiger partial charge < -0.3 is 10.4 Å². The zero-order valence-corrected chi connectivity index (χ0v) is 10.9. The fourth-order valence-electron chi connectivity index (χ4n) is 1.55. The Kier molecular flexibility index (Phi) is 4.59. The maximum Gasteiger partial charge on any atom is 0.355 e. The fraction of sp³-hybridized carbons (Fsp3) is 0.231. The summed E-state index contributed by atoms with van der Waals surface area (Å²) in [4.78, 5) is 14.6. The van der Waals surface area contributed by atoms with E-state index in [0.717, 1.165) is 10.6 Å². The van der Waals surface area contributed by atoms with Crippen LogP contribution >= 0.6 is 11.3 Å². The highest BCUT2D eigenvalue weighted by atomic mass is 32.1. The van der Waals surface area contributed by atoms with E-state index in [-0.39, 0.29) is 11.5 Å². The molecule has 0 saturated heterocycles. The predicted octanol–water partition coefficient (Wildman–Crippen LogP) is 2.31. The van der Waals surface area contributed by atoms with E-state index in [2.05, 4.69) is 10.3 Å². The minimum atomic E-state index is -0.998. The molecule has 4 nitrogen and oxygen atoms in total. The van der Waals surface area contributed by atoms with E-state index in [1.165, 1.54) is 28.8 Å². The van der Waals surface area contributed by atoms with Gasteiger partial charge in [0.05, 0.1) is 5.01 Å². The summed E-state index contributed by atoms with van der Waals surface area (Å²) in [7, 11) is 0. The van der Waals surface area contributed by atoms with Gasteiger partial charge in [-0.2, -0.15) is 0 Å². The smallest absolute Gasteiger partial charge is 0.355 e. The molecule has 0 spiro atoms. The summed E-state index contributed by atoms with van der Waals surface area (Å²) in [6.45, 7) is 1.35. The second-order valence-electron chi connectivity index (χ2n) is 3.98. The van der Waals surface area contributed by atoms with Crippen molar-refractivity contribution in [1.29, 1.82) is 0 Å². The Balaban J connectivity index is 1.74. The minimum Gasteiger partial charge on any atom is -0.476 e. The third-order valence-corrected chi connectivity index (χ3v) is 3.44. The Labute approximate surface area is 113 Å². The molecule has 1 aromatic heterocycles. The van der Waals surface area contributed by atoms with E-state index in [4.69, 9.17) is 5.11 Å². The topological polar surface area (TPSA) is 62.2 Å². The number of carboxylic acids is 1. The maximum atomic E-state index is 12.7. The summed E-state index contributed by atoms with van der Waals surface area (Å²) in [5, 5.41) is 14.3. The van der Waals surface area contributed by atoms with Crippen molar-refractivity contribution in [2.75, 3.05) is 6.54 Å². The quantitative estimate of drug-likeness (QED) is 0.797. The number of nitrogens with one attached hydrogen (secondary N) is 1. The van der Waals surface area contributed by atoms with Crippen LogP contribution in [0.4, 0.5) is 4.39 Å². The number of carbonyl (C=O) groups is 1. The number of aromatic nitrogens is 1. The zero-order valence-electron chi connectivity index (χ0n) is 10.1. The van der Waals surface area contributed by atoms with Gasteiger partial charge in [0, 0.05) is 24.9 Å². The van der Waals surface area contributed by atoms with Crippen molar-refractivity contribution in [3.8, 4) is 0 Å². The molecular formula is C13H13FN2O2S. The Hall–Kier alpha value is -1.79. The van der Waals surface area contributed by atoms with Gasteiger partial charge in [0.2, 0.25) is 0 Å². The number of thiazole rings is 1. The van der Waals surface area contributed by atoms with Crippen molar-refractivity contribution in [2.24, 2.45) is 0 Å². The minimum absolute atomic E-state index is 0.0959. The first-order valence-electron chi connectivity index (χ1n) is 5.78. The highest BCUT2D eigenvalue weighted by Crippen LogP contribution is 2.10. The lowest BCUT2D eigenvalue weighted by atomic mass is 10.2. The van der Waals surface area contributed by atoms with E-state index in [1.807, 2.05) is 0 Å². The summed E-state index contributed by atoms with van der Waals surface area (Å²) in [6.07, 6.45) is 0.680. The van der Waals surface area contributed by atoms with Crippen LogP contribution in [-0.2, 0) is 13.0 Å². The third kappa shape index (κ3) is 4.11. The molecule has 19 heavy (non-hydrogen) atoms. The molecule has 0 amide bonds. The highest BCUT2D eigenvalue weighted by molar-refractivity contribution is 7.09. The first-order chi connectivity index (χ1) is 9.15. The van der Waals surface area contributed by atoms with Gasteiger partial charge in [-0.3, -0.25) is 0 Å². The van der Waals surface area contributed by atoms with Crippen LogP contribution in [0, 0.1) is 5.82 Å². The Bertz CT molecular complexity index is 554. The zero-order chi connectivity index (χ0) is 13.7. The molecule has 100 valence electrons. The van der Waals surface area contributed by atoms with E-state index >= 15 is 0 Å². The molecular weight excluding hydrogens is 267 g/mol. The van der Waals surface area contributed by atoms with Crippen molar-refractivity contribution < 1.29 is 14.3 Å². The second-order valence-corrected chi connectivity index (χ2v) is 4.93. The van der Waals surface area contributed by atoms with E-state index in [9.17, 15) is 9.18 Å². The molecule has 6 heteroatoms. The molecule has 2 rings (SSSR count).